The molecule has 2 aliphatic rings. The fourth-order valence-corrected chi connectivity index (χ4v) is 9.63. The Morgan fingerprint density at radius 1 is 0.425 bits per heavy atom. The van der Waals surface area contributed by atoms with Crippen LogP contribution in [0.25, 0.3) is 0 Å². The van der Waals surface area contributed by atoms with E-state index in [-0.39, 0.29) is 26.1 Å². The Hall–Kier alpha value is -1.76. The van der Waals surface area contributed by atoms with Crippen molar-refractivity contribution in [1.82, 2.24) is 0 Å². The van der Waals surface area contributed by atoms with Crippen LogP contribution < -0.4 is 0 Å². The molecule has 0 radical (unpaired) electrons. The van der Waals surface area contributed by atoms with Crippen LogP contribution in [0.3, 0.4) is 0 Å². The van der Waals surface area contributed by atoms with Crippen molar-refractivity contribution in [2.24, 2.45) is 0 Å². The third-order valence-corrected chi connectivity index (χ3v) is 14.5. The number of hydrogen-bond acceptors (Lipinski definition) is 15. The zero-order chi connectivity index (χ0) is 53.2. The van der Waals surface area contributed by atoms with E-state index in [0.29, 0.717) is 12.8 Å². The number of carbonyl (C=O) groups is 2. The van der Waals surface area contributed by atoms with Gasteiger partial charge in [-0.15, -0.1) is 0 Å². The number of rotatable bonds is 48. The molecule has 2 saturated heterocycles. The van der Waals surface area contributed by atoms with Crippen LogP contribution in [-0.4, -0.2) is 142 Å². The maximum absolute atomic E-state index is 13.1. The van der Waals surface area contributed by atoms with E-state index in [1.54, 1.807) is 0 Å². The number of allylic oxidation sites excluding steroid dienone is 2. The molecule has 7 N–H and O–H groups in total. The number of unbranched alkanes of at least 4 members (excludes halogenated alkanes) is 32. The predicted octanol–water partition coefficient (Wildman–Crippen LogP) is 10.1. The van der Waals surface area contributed by atoms with Crippen LogP contribution in [0.1, 0.15) is 251 Å². The summed E-state index contributed by atoms with van der Waals surface area (Å²) in [7, 11) is 0. The Kier molecular flexibility index (Phi) is 41.8. The van der Waals surface area contributed by atoms with Gasteiger partial charge < -0.3 is 64.2 Å². The van der Waals surface area contributed by atoms with Gasteiger partial charge in [0.25, 0.3) is 0 Å². The van der Waals surface area contributed by atoms with E-state index in [1.807, 2.05) is 0 Å². The summed E-state index contributed by atoms with van der Waals surface area (Å²) in [6.45, 7) is 2.62. The summed E-state index contributed by atoms with van der Waals surface area (Å²) < 4.78 is 33.7. The molecule has 0 spiro atoms. The van der Waals surface area contributed by atoms with Gasteiger partial charge in [-0.2, -0.15) is 0 Å². The highest BCUT2D eigenvalue weighted by molar-refractivity contribution is 5.70. The van der Waals surface area contributed by atoms with Crippen LogP contribution in [0, 0.1) is 0 Å². The molecule has 2 rings (SSSR count). The van der Waals surface area contributed by atoms with Gasteiger partial charge in [0.05, 0.1) is 19.8 Å². The lowest BCUT2D eigenvalue weighted by atomic mass is 9.98. The lowest BCUT2D eigenvalue weighted by Crippen LogP contribution is -2.61. The summed E-state index contributed by atoms with van der Waals surface area (Å²) in [5, 5.41) is 72.3. The molecule has 0 aromatic heterocycles. The highest BCUT2D eigenvalue weighted by atomic mass is 16.7. The molecule has 0 aromatic carbocycles. The highest BCUT2D eigenvalue weighted by Gasteiger charge is 2.47. The van der Waals surface area contributed by atoms with Crippen molar-refractivity contribution in [1.29, 1.82) is 0 Å². The van der Waals surface area contributed by atoms with E-state index in [0.717, 1.165) is 57.8 Å². The van der Waals surface area contributed by atoms with Crippen LogP contribution in [0.4, 0.5) is 0 Å². The summed E-state index contributed by atoms with van der Waals surface area (Å²) in [5.74, 6) is -0.919. The SMILES string of the molecule is CCCCCCC/C=C/CCCCCCCC(=O)OC[C@H](CO[C@H]1O[C@@H](CO[C@H]2O[C@@H](CO)[C@@H](O)C(O)C2O)[C@@H](O)C(O)C1O)OC(=O)CCCCCCCCCCCCCCCCCCCCCCCCC. The summed E-state index contributed by atoms with van der Waals surface area (Å²) in [6.07, 6.45) is 31.0. The minimum Gasteiger partial charge on any atom is -0.462 e. The number of esters is 2. The van der Waals surface area contributed by atoms with Gasteiger partial charge in [-0.3, -0.25) is 9.59 Å². The van der Waals surface area contributed by atoms with Crippen LogP contribution in [-0.2, 0) is 38.0 Å². The van der Waals surface area contributed by atoms with E-state index >= 15 is 0 Å². The van der Waals surface area contributed by atoms with E-state index in [4.69, 9.17) is 28.4 Å². The Morgan fingerprint density at radius 2 is 0.781 bits per heavy atom. The topological polar surface area (TPSA) is 231 Å². The first-order valence-electron chi connectivity index (χ1n) is 29.8. The van der Waals surface area contributed by atoms with Crippen LogP contribution in [0.15, 0.2) is 12.2 Å². The van der Waals surface area contributed by atoms with Crippen molar-refractivity contribution in [3.8, 4) is 0 Å². The second kappa shape index (κ2) is 45.3. The average Bonchev–Trinajstić information content (AvgIpc) is 3.38. The number of carbonyl (C=O) groups excluding carboxylic acids is 2. The molecule has 15 heteroatoms. The van der Waals surface area contributed by atoms with Gasteiger partial charge in [0.1, 0.15) is 55.4 Å². The molecule has 0 aliphatic carbocycles. The largest absolute Gasteiger partial charge is 0.462 e. The average molecular weight is 1050 g/mol. The van der Waals surface area contributed by atoms with E-state index in [1.165, 1.54) is 154 Å². The molecule has 73 heavy (non-hydrogen) atoms. The lowest BCUT2D eigenvalue weighted by molar-refractivity contribution is -0.332. The molecule has 0 bridgehead atoms. The molecule has 0 amide bonds. The van der Waals surface area contributed by atoms with E-state index in [9.17, 15) is 45.3 Å². The summed E-state index contributed by atoms with van der Waals surface area (Å²) in [4.78, 5) is 25.9. The Morgan fingerprint density at radius 3 is 1.21 bits per heavy atom. The lowest BCUT2D eigenvalue weighted by Gasteiger charge is -2.42. The minimum atomic E-state index is -1.76. The smallest absolute Gasteiger partial charge is 0.306 e. The van der Waals surface area contributed by atoms with Crippen molar-refractivity contribution in [3.63, 3.8) is 0 Å². The molecule has 2 aliphatic heterocycles. The third-order valence-electron chi connectivity index (χ3n) is 14.5. The van der Waals surface area contributed by atoms with Crippen molar-refractivity contribution < 1.29 is 73.8 Å². The van der Waals surface area contributed by atoms with Gasteiger partial charge in [-0.1, -0.05) is 212 Å². The van der Waals surface area contributed by atoms with E-state index in [2.05, 4.69) is 26.0 Å². The molecule has 0 aromatic rings. The van der Waals surface area contributed by atoms with Gasteiger partial charge in [0, 0.05) is 12.8 Å². The third kappa shape index (κ3) is 32.6. The zero-order valence-corrected chi connectivity index (χ0v) is 45.9. The van der Waals surface area contributed by atoms with Gasteiger partial charge in [0.2, 0.25) is 0 Å². The summed E-state index contributed by atoms with van der Waals surface area (Å²) in [5.41, 5.74) is 0. The molecule has 4 unspecified atom stereocenters. The number of hydrogen-bond donors (Lipinski definition) is 7. The number of aliphatic hydroxyl groups excluding tert-OH is 7. The fourth-order valence-electron chi connectivity index (χ4n) is 9.63. The van der Waals surface area contributed by atoms with Crippen LogP contribution >= 0.6 is 0 Å². The van der Waals surface area contributed by atoms with Gasteiger partial charge in [-0.25, -0.2) is 0 Å². The second-order valence-electron chi connectivity index (χ2n) is 21.2. The molecule has 0 saturated carbocycles. The van der Waals surface area contributed by atoms with Gasteiger partial charge in [0.15, 0.2) is 18.7 Å². The molecule has 2 fully saturated rings. The van der Waals surface area contributed by atoms with Crippen molar-refractivity contribution in [3.05, 3.63) is 12.2 Å². The molecule has 430 valence electrons. The first-order chi connectivity index (χ1) is 35.5. The minimum absolute atomic E-state index is 0.170. The predicted molar refractivity (Wildman–Crippen MR) is 285 cm³/mol. The maximum Gasteiger partial charge on any atom is 0.306 e. The van der Waals surface area contributed by atoms with E-state index < -0.39 is 92.7 Å². The maximum atomic E-state index is 13.1. The molecular weight excluding hydrogens is 937 g/mol. The van der Waals surface area contributed by atoms with Crippen molar-refractivity contribution in [2.75, 3.05) is 26.4 Å². The molecule has 15 nitrogen and oxygen atoms in total. The first-order valence-corrected chi connectivity index (χ1v) is 29.8. The summed E-state index contributed by atoms with van der Waals surface area (Å²) in [6, 6.07) is 0. The molecular formula is C58H108O15. The first kappa shape index (κ1) is 67.3. The fraction of sp³-hybridized carbons (Fsp3) is 0.931. The summed E-state index contributed by atoms with van der Waals surface area (Å²) >= 11 is 0. The Labute approximate surface area is 441 Å². The standard InChI is InChI=1S/C58H108O15/c1-3-5-7-9-11-13-15-17-19-20-21-22-23-24-25-26-27-29-31-33-35-37-39-41-50(61)71-46(43-68-49(60)40-38-36-34-32-30-28-18-16-14-12-10-8-6-4-2)44-69-57-56(67)54(65)52(63)48(73-57)45-70-58-55(66)53(64)51(62)47(42-59)72-58/h16,18,46-48,51-59,62-67H,3-15,17,19-45H2,1-2H3/b18-16+/t46-,47+,48+,51-,52-,53?,54?,55?,56?,57+,58+/m1/s1. The molecule has 2 heterocycles. The second-order valence-corrected chi connectivity index (χ2v) is 21.2. The van der Waals surface area contributed by atoms with Gasteiger partial charge in [-0.05, 0) is 38.5 Å². The monoisotopic (exact) mass is 1040 g/mol. The Balaban J connectivity index is 1.72. The van der Waals surface area contributed by atoms with Crippen molar-refractivity contribution >= 4 is 11.9 Å². The van der Waals surface area contributed by atoms with Crippen molar-refractivity contribution in [2.45, 2.75) is 319 Å². The Bertz CT molecular complexity index is 1320. The van der Waals surface area contributed by atoms with Gasteiger partial charge >= 0.3 is 11.9 Å². The quantitative estimate of drug-likeness (QED) is 0.0171. The zero-order valence-electron chi connectivity index (χ0n) is 45.9. The highest BCUT2D eigenvalue weighted by Crippen LogP contribution is 2.27. The normalized spacial score (nSPS) is 24.8. The number of aliphatic hydroxyl groups is 7. The van der Waals surface area contributed by atoms with Crippen LogP contribution in [0.5, 0.6) is 0 Å². The van der Waals surface area contributed by atoms with Crippen LogP contribution in [0.2, 0.25) is 0 Å². The number of ether oxygens (including phenoxy) is 6. The molecule has 11 atom stereocenters.